The van der Waals surface area contributed by atoms with E-state index in [1.54, 1.807) is 41.5 Å². The van der Waals surface area contributed by atoms with Gasteiger partial charge in [-0.05, 0) is 70.2 Å². The predicted octanol–water partition coefficient (Wildman–Crippen LogP) is 5.91. The third kappa shape index (κ3) is 7.69. The molecular weight excluding hydrogens is 538 g/mol. The second-order valence-corrected chi connectivity index (χ2v) is 16.6. The standard InChI is InChI=1S/C27H32F2N6O4Si/c1-26(2,3)38-24(36)34(25(37)39-27(4,5)6)22-18(15-17(16-30-22)13-14-40(7,8)9)23-31-32-33-35(23)20-12-10-11-19(28)21(20)29/h10-12,15-16H,1-9H3. The van der Waals surface area contributed by atoms with Crippen LogP contribution in [0.15, 0.2) is 30.5 Å². The summed E-state index contributed by atoms with van der Waals surface area (Å²) in [5.74, 6) is 0.349. The number of hydrogen-bond acceptors (Lipinski definition) is 8. The Morgan fingerprint density at radius 1 is 1.00 bits per heavy atom. The summed E-state index contributed by atoms with van der Waals surface area (Å²) in [4.78, 5) is 31.7. The van der Waals surface area contributed by atoms with Gasteiger partial charge in [-0.2, -0.15) is 9.58 Å². The van der Waals surface area contributed by atoms with Crippen LogP contribution in [-0.4, -0.2) is 56.7 Å². The Kier molecular flexibility index (Phi) is 8.45. The van der Waals surface area contributed by atoms with Gasteiger partial charge in [-0.3, -0.25) is 0 Å². The molecule has 13 heteroatoms. The molecule has 10 nitrogen and oxygen atoms in total. The van der Waals surface area contributed by atoms with Gasteiger partial charge in [0.15, 0.2) is 23.3 Å². The lowest BCUT2D eigenvalue weighted by atomic mass is 10.1. The average Bonchev–Trinajstić information content (AvgIpc) is 3.27. The number of nitrogens with zero attached hydrogens (tertiary/aromatic N) is 6. The highest BCUT2D eigenvalue weighted by Gasteiger charge is 2.36. The smallest absolute Gasteiger partial charge is 0.425 e. The van der Waals surface area contributed by atoms with E-state index in [9.17, 15) is 18.4 Å². The van der Waals surface area contributed by atoms with Gasteiger partial charge in [-0.15, -0.1) is 10.6 Å². The van der Waals surface area contributed by atoms with E-state index in [2.05, 4.69) is 51.6 Å². The van der Waals surface area contributed by atoms with Crippen molar-refractivity contribution >= 4 is 26.1 Å². The SMILES string of the molecule is CC(C)(C)OC(=O)N(C(=O)OC(C)(C)C)c1ncc(C#C[Si](C)(C)C)cc1-c1nnnn1-c1cccc(F)c1F. The van der Waals surface area contributed by atoms with Gasteiger partial charge in [-0.1, -0.05) is 31.6 Å². The first-order valence-electron chi connectivity index (χ1n) is 12.4. The maximum Gasteiger partial charge on any atom is 0.425 e. The molecule has 1 aromatic carbocycles. The second-order valence-electron chi connectivity index (χ2n) is 11.9. The van der Waals surface area contributed by atoms with Crippen molar-refractivity contribution in [1.29, 1.82) is 0 Å². The zero-order valence-corrected chi connectivity index (χ0v) is 25.0. The van der Waals surface area contributed by atoms with Crippen LogP contribution in [0.25, 0.3) is 17.1 Å². The number of tetrazole rings is 1. The largest absolute Gasteiger partial charge is 0.443 e. The molecule has 2 heterocycles. The number of pyridine rings is 1. The minimum Gasteiger partial charge on any atom is -0.443 e. The van der Waals surface area contributed by atoms with E-state index in [1.807, 2.05) is 0 Å². The van der Waals surface area contributed by atoms with Crippen molar-refractivity contribution in [2.24, 2.45) is 0 Å². The Labute approximate surface area is 232 Å². The van der Waals surface area contributed by atoms with Gasteiger partial charge < -0.3 is 9.47 Å². The molecule has 0 atom stereocenters. The van der Waals surface area contributed by atoms with Gasteiger partial charge in [0.25, 0.3) is 0 Å². The van der Waals surface area contributed by atoms with Crippen LogP contribution in [0.2, 0.25) is 19.6 Å². The summed E-state index contributed by atoms with van der Waals surface area (Å²) >= 11 is 0. The molecule has 0 unspecified atom stereocenters. The van der Waals surface area contributed by atoms with E-state index >= 15 is 0 Å². The van der Waals surface area contributed by atoms with Crippen molar-refractivity contribution in [2.75, 3.05) is 4.90 Å². The number of carbonyl (C=O) groups is 2. The molecule has 0 aliphatic carbocycles. The van der Waals surface area contributed by atoms with Crippen molar-refractivity contribution in [3.8, 4) is 28.5 Å². The zero-order chi connectivity index (χ0) is 30.0. The molecule has 0 N–H and O–H groups in total. The molecule has 0 aliphatic heterocycles. The van der Waals surface area contributed by atoms with Crippen LogP contribution >= 0.6 is 0 Å². The third-order valence-electron chi connectivity index (χ3n) is 4.68. The molecular formula is C27H32F2N6O4Si. The van der Waals surface area contributed by atoms with Gasteiger partial charge >= 0.3 is 12.2 Å². The number of carbonyl (C=O) groups excluding carboxylic acids is 2. The van der Waals surface area contributed by atoms with E-state index < -0.39 is 43.1 Å². The first-order valence-corrected chi connectivity index (χ1v) is 15.9. The van der Waals surface area contributed by atoms with Crippen molar-refractivity contribution in [3.05, 3.63) is 47.7 Å². The average molecular weight is 571 g/mol. The van der Waals surface area contributed by atoms with Gasteiger partial charge in [0, 0.05) is 11.8 Å². The molecule has 2 aromatic heterocycles. The summed E-state index contributed by atoms with van der Waals surface area (Å²) in [6.07, 6.45) is -0.773. The van der Waals surface area contributed by atoms with E-state index in [1.165, 1.54) is 24.4 Å². The summed E-state index contributed by atoms with van der Waals surface area (Å²) in [5, 5.41) is 11.5. The number of anilines is 1. The summed E-state index contributed by atoms with van der Waals surface area (Å²) < 4.78 is 40.8. The van der Waals surface area contributed by atoms with Crippen LogP contribution in [0.5, 0.6) is 0 Å². The van der Waals surface area contributed by atoms with E-state index in [0.717, 1.165) is 10.7 Å². The number of amides is 2. The summed E-state index contributed by atoms with van der Waals surface area (Å²) in [6, 6.07) is 5.04. The Morgan fingerprint density at radius 2 is 1.60 bits per heavy atom. The second kappa shape index (κ2) is 11.1. The van der Waals surface area contributed by atoms with E-state index in [0.29, 0.717) is 10.5 Å². The maximum atomic E-state index is 14.8. The summed E-state index contributed by atoms with van der Waals surface area (Å²) in [7, 11) is -1.81. The number of halogens is 2. The number of imide groups is 1. The normalized spacial score (nSPS) is 11.9. The topological polar surface area (TPSA) is 112 Å². The minimum absolute atomic E-state index is 0.0211. The fraction of sp³-hybridized carbons (Fsp3) is 0.407. The quantitative estimate of drug-likeness (QED) is 0.282. The molecule has 3 aromatic rings. The highest BCUT2D eigenvalue weighted by Crippen LogP contribution is 2.32. The Hall–Kier alpha value is -4.18. The molecule has 0 saturated carbocycles. The zero-order valence-electron chi connectivity index (χ0n) is 24.0. The number of aromatic nitrogens is 5. The Bertz CT molecular complexity index is 1470. The molecule has 0 bridgehead atoms. The van der Waals surface area contributed by atoms with E-state index in [-0.39, 0.29) is 22.9 Å². The first kappa shape index (κ1) is 30.4. The number of benzene rings is 1. The molecule has 3 rings (SSSR count). The lowest BCUT2D eigenvalue weighted by Gasteiger charge is -2.28. The lowest BCUT2D eigenvalue weighted by molar-refractivity contribution is 0.0429. The number of hydrogen-bond donors (Lipinski definition) is 0. The Morgan fingerprint density at radius 3 is 2.15 bits per heavy atom. The van der Waals surface area contributed by atoms with Gasteiger partial charge in [-0.25, -0.2) is 23.4 Å². The number of rotatable bonds is 3. The molecule has 212 valence electrons. The first-order chi connectivity index (χ1) is 18.4. The van der Waals surface area contributed by atoms with Crippen LogP contribution < -0.4 is 4.90 Å². The fourth-order valence-corrected chi connectivity index (χ4v) is 3.68. The van der Waals surface area contributed by atoms with Crippen molar-refractivity contribution in [1.82, 2.24) is 25.2 Å². The molecule has 0 fully saturated rings. The molecule has 0 aliphatic rings. The lowest BCUT2D eigenvalue weighted by Crippen LogP contribution is -2.44. The van der Waals surface area contributed by atoms with Gasteiger partial charge in [0.1, 0.15) is 25.0 Å². The van der Waals surface area contributed by atoms with Crippen LogP contribution in [0.4, 0.5) is 24.2 Å². The third-order valence-corrected chi connectivity index (χ3v) is 5.56. The summed E-state index contributed by atoms with van der Waals surface area (Å²) in [5.41, 5.74) is 1.40. The molecule has 2 amide bonds. The Balaban J connectivity index is 2.33. The monoisotopic (exact) mass is 570 g/mol. The minimum atomic E-state index is -1.81. The maximum absolute atomic E-state index is 14.8. The van der Waals surface area contributed by atoms with Gasteiger partial charge in [0.2, 0.25) is 0 Å². The predicted molar refractivity (Wildman–Crippen MR) is 147 cm³/mol. The van der Waals surface area contributed by atoms with Crippen LogP contribution in [0.3, 0.4) is 0 Å². The van der Waals surface area contributed by atoms with Crippen LogP contribution in [0.1, 0.15) is 47.1 Å². The number of ether oxygens (including phenoxy) is 2. The highest BCUT2D eigenvalue weighted by atomic mass is 28.3. The fourth-order valence-electron chi connectivity index (χ4n) is 3.16. The molecule has 0 spiro atoms. The molecule has 40 heavy (non-hydrogen) atoms. The van der Waals surface area contributed by atoms with Crippen molar-refractivity contribution < 1.29 is 27.8 Å². The highest BCUT2D eigenvalue weighted by molar-refractivity contribution is 6.83. The van der Waals surface area contributed by atoms with Crippen LogP contribution in [0, 0.1) is 23.1 Å². The summed E-state index contributed by atoms with van der Waals surface area (Å²) in [6.45, 7) is 16.0. The van der Waals surface area contributed by atoms with E-state index in [4.69, 9.17) is 9.47 Å². The van der Waals surface area contributed by atoms with Crippen LogP contribution in [-0.2, 0) is 9.47 Å². The van der Waals surface area contributed by atoms with Crippen molar-refractivity contribution in [2.45, 2.75) is 72.4 Å². The van der Waals surface area contributed by atoms with Gasteiger partial charge in [0.05, 0.1) is 5.56 Å². The molecule has 0 radical (unpaired) electrons. The molecule has 0 saturated heterocycles. The van der Waals surface area contributed by atoms with Crippen molar-refractivity contribution in [3.63, 3.8) is 0 Å².